The number of hydrogen-bond donors (Lipinski definition) is 5. The number of carbonyl (C=O) groups is 3. The molecule has 0 aromatic rings. The van der Waals surface area contributed by atoms with Crippen LogP contribution in [0.1, 0.15) is 33.1 Å². The number of unbranched alkanes of at least 4 members (excludes halogenated alkanes) is 1. The van der Waals surface area contributed by atoms with E-state index >= 15 is 0 Å². The molecular formula is C14H28N4O6S. The summed E-state index contributed by atoms with van der Waals surface area (Å²) in [5.41, 5.74) is 2.47. The highest BCUT2D eigenvalue weighted by Gasteiger charge is 2.20. The third-order valence-corrected chi connectivity index (χ3v) is 3.05. The lowest BCUT2D eigenvalue weighted by molar-refractivity contribution is -0.123. The van der Waals surface area contributed by atoms with E-state index in [1.807, 2.05) is 0 Å². The van der Waals surface area contributed by atoms with Gasteiger partial charge in [-0.2, -0.15) is 5.48 Å². The zero-order chi connectivity index (χ0) is 19.6. The Morgan fingerprint density at radius 1 is 1.00 bits per heavy atom. The van der Waals surface area contributed by atoms with Crippen molar-refractivity contribution >= 4 is 30.9 Å². The minimum atomic E-state index is -0.747. The average molecular weight is 382 g/mol. The second-order valence-corrected chi connectivity index (χ2v) is 5.00. The smallest absolute Gasteiger partial charge is 0.407 e. The van der Waals surface area contributed by atoms with Gasteiger partial charge in [0.2, 0.25) is 5.91 Å². The minimum absolute atomic E-state index is 0.204. The first-order valence-corrected chi connectivity index (χ1v) is 8.51. The molecule has 146 valence electrons. The molecule has 0 radical (unpaired) electrons. The third-order valence-electron chi connectivity index (χ3n) is 2.93. The van der Waals surface area contributed by atoms with Crippen LogP contribution in [0.15, 0.2) is 0 Å². The number of hydrogen-bond acceptors (Lipinski definition) is 8. The van der Waals surface area contributed by atoms with Crippen molar-refractivity contribution in [2.75, 3.05) is 32.8 Å². The van der Waals surface area contributed by atoms with Crippen molar-refractivity contribution in [1.29, 1.82) is 1.12 Å². The molecular weight excluding hydrogens is 352 g/mol. The molecule has 0 bridgehead atoms. The van der Waals surface area contributed by atoms with Gasteiger partial charge in [0.05, 0.1) is 13.2 Å². The number of nitrogens with one attached hydrogen (secondary N) is 4. The first kappa shape index (κ1) is 21.3. The van der Waals surface area contributed by atoms with Crippen molar-refractivity contribution in [3.63, 3.8) is 0 Å². The summed E-state index contributed by atoms with van der Waals surface area (Å²) in [5.74, 6) is -0.350. The summed E-state index contributed by atoms with van der Waals surface area (Å²) in [4.78, 5) is 34.9. The van der Waals surface area contributed by atoms with Crippen LogP contribution in [0.4, 0.5) is 9.59 Å². The fourth-order valence-electron chi connectivity index (χ4n) is 1.83. The fraction of sp³-hybridized carbons (Fsp3) is 0.786. The van der Waals surface area contributed by atoms with E-state index in [1.165, 1.54) is 0 Å². The SMILES string of the molecule is [3H]SONCCNC(=O)C(CCCCNC(=O)OCC)NC(=O)OCC. The Hall–Kier alpha value is -1.72. The van der Waals surface area contributed by atoms with Gasteiger partial charge in [-0.15, -0.1) is 0 Å². The average Bonchev–Trinajstić information content (AvgIpc) is 2.60. The largest absolute Gasteiger partial charge is 0.450 e. The molecule has 0 saturated heterocycles. The molecule has 4 N–H and O–H groups in total. The Labute approximate surface area is 154 Å². The predicted octanol–water partition coefficient (Wildman–Crippen LogP) is 0.500. The zero-order valence-corrected chi connectivity index (χ0v) is 15.4. The number of hydroxylamine groups is 1. The highest BCUT2D eigenvalue weighted by Crippen LogP contribution is 2.02. The lowest BCUT2D eigenvalue weighted by atomic mass is 10.1. The van der Waals surface area contributed by atoms with Gasteiger partial charge in [-0.25, -0.2) is 13.9 Å². The van der Waals surface area contributed by atoms with Gasteiger partial charge in [-0.05, 0) is 45.9 Å². The van der Waals surface area contributed by atoms with Crippen molar-refractivity contribution in [3.8, 4) is 0 Å². The molecule has 0 fully saturated rings. The lowest BCUT2D eigenvalue weighted by Gasteiger charge is -2.18. The Balaban J connectivity index is 4.22. The van der Waals surface area contributed by atoms with Crippen LogP contribution in [-0.4, -0.2) is 58.1 Å². The summed E-state index contributed by atoms with van der Waals surface area (Å²) >= 11 is 0.415. The van der Waals surface area contributed by atoms with Gasteiger partial charge in [0, 0.05) is 19.6 Å². The molecule has 0 rings (SSSR count). The number of amides is 3. The van der Waals surface area contributed by atoms with Crippen LogP contribution in [0.25, 0.3) is 0 Å². The first-order chi connectivity index (χ1) is 12.5. The number of alkyl carbamates (subject to hydrolysis) is 2. The number of thiol groups is 1. The van der Waals surface area contributed by atoms with Gasteiger partial charge in [0.25, 0.3) is 0 Å². The molecule has 0 aliphatic rings. The van der Waals surface area contributed by atoms with E-state index in [4.69, 9.17) is 10.6 Å². The summed E-state index contributed by atoms with van der Waals surface area (Å²) in [6.45, 7) is 4.90. The second kappa shape index (κ2) is 15.8. The van der Waals surface area contributed by atoms with Gasteiger partial charge < -0.3 is 25.4 Å². The van der Waals surface area contributed by atoms with Crippen LogP contribution in [-0.2, 0) is 18.6 Å². The van der Waals surface area contributed by atoms with Gasteiger partial charge in [-0.3, -0.25) is 4.79 Å². The van der Waals surface area contributed by atoms with Crippen LogP contribution in [0.2, 0.25) is 0 Å². The maximum atomic E-state index is 12.2. The van der Waals surface area contributed by atoms with Gasteiger partial charge in [-0.1, -0.05) is 0 Å². The summed E-state index contributed by atoms with van der Waals surface area (Å²) in [6.07, 6.45) is 0.481. The van der Waals surface area contributed by atoms with E-state index in [1.54, 1.807) is 13.8 Å². The van der Waals surface area contributed by atoms with E-state index in [2.05, 4.69) is 25.7 Å². The van der Waals surface area contributed by atoms with Crippen molar-refractivity contribution in [3.05, 3.63) is 0 Å². The number of ether oxygens (including phenoxy) is 2. The molecule has 25 heavy (non-hydrogen) atoms. The predicted molar refractivity (Wildman–Crippen MR) is 93.9 cm³/mol. The summed E-state index contributed by atoms with van der Waals surface area (Å²) in [5, 5.41) is 7.76. The third kappa shape index (κ3) is 13.3. The maximum Gasteiger partial charge on any atom is 0.407 e. The van der Waals surface area contributed by atoms with E-state index in [9.17, 15) is 14.4 Å². The Bertz CT molecular complexity index is 419. The topological polar surface area (TPSA) is 127 Å². The molecule has 0 aromatic heterocycles. The first-order valence-electron chi connectivity index (χ1n) is 8.59. The Kier molecular flexibility index (Phi) is 13.5. The second-order valence-electron chi connectivity index (χ2n) is 4.83. The summed E-state index contributed by atoms with van der Waals surface area (Å²) < 4.78 is 20.8. The zero-order valence-electron chi connectivity index (χ0n) is 15.6. The number of rotatable bonds is 14. The normalized spacial score (nSPS) is 11.8. The summed E-state index contributed by atoms with van der Waals surface area (Å²) in [7, 11) is 0. The molecule has 3 amide bonds. The van der Waals surface area contributed by atoms with E-state index in [0.29, 0.717) is 51.8 Å². The van der Waals surface area contributed by atoms with Gasteiger partial charge in [0.15, 0.2) is 0 Å². The van der Waals surface area contributed by atoms with E-state index in [-0.39, 0.29) is 19.1 Å². The van der Waals surface area contributed by atoms with Crippen LogP contribution < -0.4 is 21.4 Å². The van der Waals surface area contributed by atoms with Crippen molar-refractivity contribution in [2.45, 2.75) is 39.2 Å². The highest BCUT2D eigenvalue weighted by molar-refractivity contribution is 7.75. The monoisotopic (exact) mass is 382 g/mol. The molecule has 0 aliphatic heterocycles. The summed E-state index contributed by atoms with van der Waals surface area (Å²) in [6, 6.07) is -0.747. The van der Waals surface area contributed by atoms with Crippen molar-refractivity contribution in [2.24, 2.45) is 0 Å². The highest BCUT2D eigenvalue weighted by atomic mass is 32.1. The van der Waals surface area contributed by atoms with Crippen LogP contribution in [0.5, 0.6) is 0 Å². The Morgan fingerprint density at radius 2 is 1.72 bits per heavy atom. The quantitative estimate of drug-likeness (QED) is 0.128. The molecule has 0 heterocycles. The maximum absolute atomic E-state index is 12.2. The fourth-order valence-corrected chi connectivity index (χ4v) is 1.91. The minimum Gasteiger partial charge on any atom is -0.450 e. The van der Waals surface area contributed by atoms with Gasteiger partial charge in [0.1, 0.15) is 7.17 Å². The van der Waals surface area contributed by atoms with Crippen LogP contribution in [0.3, 0.4) is 0 Å². The molecule has 0 saturated carbocycles. The number of carbonyl (C=O) groups excluding carboxylic acids is 3. The molecule has 10 nitrogen and oxygen atoms in total. The van der Waals surface area contributed by atoms with Gasteiger partial charge >= 0.3 is 12.2 Å². The van der Waals surface area contributed by atoms with Crippen LogP contribution >= 0.6 is 12.8 Å². The molecule has 1 atom stereocenters. The standard InChI is InChI=1S/C14H28N4O6S/c1-3-22-13(20)16-8-6-5-7-11(18-14(21)23-4-2)12(19)15-9-10-17-24-25/h11,17,25H,3-10H2,1-2H3,(H,15,19)(H,16,20)(H,18,21)/i/hT. The molecule has 0 aromatic carbocycles. The molecule has 11 heteroatoms. The van der Waals surface area contributed by atoms with E-state index in [0.717, 1.165) is 0 Å². The lowest BCUT2D eigenvalue weighted by Crippen LogP contribution is -2.48. The van der Waals surface area contributed by atoms with E-state index < -0.39 is 18.2 Å². The molecule has 1 unspecified atom stereocenters. The Morgan fingerprint density at radius 3 is 2.40 bits per heavy atom. The van der Waals surface area contributed by atoms with Crippen molar-refractivity contribution in [1.82, 2.24) is 21.4 Å². The van der Waals surface area contributed by atoms with Crippen molar-refractivity contribution < 1.29 is 28.1 Å². The molecule has 0 aliphatic carbocycles. The van der Waals surface area contributed by atoms with Crippen LogP contribution in [0, 0.1) is 0 Å². The molecule has 0 spiro atoms.